The van der Waals surface area contributed by atoms with Crippen molar-refractivity contribution in [3.63, 3.8) is 0 Å². The minimum absolute atomic E-state index is 0.562. The first kappa shape index (κ1) is 22.7. The van der Waals surface area contributed by atoms with Crippen molar-refractivity contribution >= 4 is 11.3 Å². The van der Waals surface area contributed by atoms with E-state index in [1.54, 1.807) is 0 Å². The molecule has 0 saturated heterocycles. The normalized spacial score (nSPS) is 14.8. The number of rotatable bonds is 9. The summed E-state index contributed by atoms with van der Waals surface area (Å²) in [5.41, 5.74) is 6.55. The molecule has 1 aliphatic heterocycles. The Morgan fingerprint density at radius 3 is 2.31 bits per heavy atom. The van der Waals surface area contributed by atoms with Crippen molar-refractivity contribution in [2.45, 2.75) is 39.5 Å². The van der Waals surface area contributed by atoms with E-state index >= 15 is 0 Å². The standard InChI is InChI=1S/C26H31N3O2S/c1-2-28(17-21-6-4-3-5-7-21)18-22-8-10-23(11-9-22)19-29-15-14-24-12-13-26(31-32(27)30)16-25(24)20-29/h3-13,16H,2,14-15,17-20,27H2,1H3. The molecule has 0 amide bonds. The van der Waals surface area contributed by atoms with E-state index in [1.807, 2.05) is 12.1 Å². The van der Waals surface area contributed by atoms with Crippen molar-refractivity contribution in [1.82, 2.24) is 9.80 Å². The maximum absolute atomic E-state index is 11.1. The lowest BCUT2D eigenvalue weighted by molar-refractivity contribution is 0.245. The molecule has 0 saturated carbocycles. The molecule has 3 aromatic rings. The van der Waals surface area contributed by atoms with Crippen LogP contribution in [0.5, 0.6) is 5.75 Å². The number of benzene rings is 3. The summed E-state index contributed by atoms with van der Waals surface area (Å²) in [6, 6.07) is 25.5. The van der Waals surface area contributed by atoms with Gasteiger partial charge in [0.25, 0.3) is 11.3 Å². The topological polar surface area (TPSA) is 58.8 Å². The third-order valence-corrected chi connectivity index (χ3v) is 6.34. The summed E-state index contributed by atoms with van der Waals surface area (Å²) in [7, 11) is 0. The van der Waals surface area contributed by atoms with Crippen LogP contribution in [0, 0.1) is 0 Å². The Balaban J connectivity index is 1.34. The van der Waals surface area contributed by atoms with Crippen LogP contribution in [-0.4, -0.2) is 27.1 Å². The molecule has 1 aliphatic rings. The van der Waals surface area contributed by atoms with Gasteiger partial charge in [0.15, 0.2) is 0 Å². The zero-order valence-corrected chi connectivity index (χ0v) is 19.4. The zero-order chi connectivity index (χ0) is 22.3. The van der Waals surface area contributed by atoms with E-state index in [-0.39, 0.29) is 0 Å². The molecule has 4 rings (SSSR count). The largest absolute Gasteiger partial charge is 0.389 e. The smallest absolute Gasteiger partial charge is 0.285 e. The lowest BCUT2D eigenvalue weighted by atomic mass is 9.99. The third-order valence-electron chi connectivity index (χ3n) is 5.98. The fourth-order valence-electron chi connectivity index (χ4n) is 4.26. The number of nitrogens with zero attached hydrogens (tertiary/aromatic N) is 2. The zero-order valence-electron chi connectivity index (χ0n) is 18.6. The molecule has 0 aliphatic carbocycles. The van der Waals surface area contributed by atoms with Gasteiger partial charge in [-0.1, -0.05) is 67.6 Å². The molecule has 5 nitrogen and oxygen atoms in total. The molecule has 1 unspecified atom stereocenters. The molecule has 32 heavy (non-hydrogen) atoms. The van der Waals surface area contributed by atoms with Crippen LogP contribution in [0.2, 0.25) is 0 Å². The van der Waals surface area contributed by atoms with Crippen LogP contribution >= 0.6 is 0 Å². The van der Waals surface area contributed by atoms with Crippen molar-refractivity contribution in [3.8, 4) is 5.75 Å². The van der Waals surface area contributed by atoms with Gasteiger partial charge in [0.1, 0.15) is 5.75 Å². The van der Waals surface area contributed by atoms with Crippen molar-refractivity contribution in [3.05, 3.63) is 101 Å². The van der Waals surface area contributed by atoms with Crippen LogP contribution in [0.3, 0.4) is 0 Å². The van der Waals surface area contributed by atoms with Crippen molar-refractivity contribution < 1.29 is 8.39 Å². The molecular formula is C26H31N3O2S. The van der Waals surface area contributed by atoms with Crippen LogP contribution in [0.15, 0.2) is 72.8 Å². The first-order valence-electron chi connectivity index (χ1n) is 11.1. The van der Waals surface area contributed by atoms with Crippen LogP contribution in [-0.2, 0) is 43.9 Å². The first-order chi connectivity index (χ1) is 15.6. The van der Waals surface area contributed by atoms with E-state index in [0.717, 1.165) is 45.7 Å². The molecule has 0 aromatic heterocycles. The highest BCUT2D eigenvalue weighted by molar-refractivity contribution is 7.78. The minimum Gasteiger partial charge on any atom is -0.389 e. The van der Waals surface area contributed by atoms with Crippen LogP contribution in [0.25, 0.3) is 0 Å². The lowest BCUT2D eigenvalue weighted by Crippen LogP contribution is -2.30. The fraction of sp³-hybridized carbons (Fsp3) is 0.308. The first-order valence-corrected chi connectivity index (χ1v) is 12.3. The Morgan fingerprint density at radius 2 is 1.62 bits per heavy atom. The van der Waals surface area contributed by atoms with Gasteiger partial charge in [-0.15, -0.1) is 0 Å². The van der Waals surface area contributed by atoms with Gasteiger partial charge in [-0.3, -0.25) is 9.80 Å². The van der Waals surface area contributed by atoms with Gasteiger partial charge < -0.3 is 4.18 Å². The summed E-state index contributed by atoms with van der Waals surface area (Å²) in [6.45, 7) is 7.95. The van der Waals surface area contributed by atoms with Gasteiger partial charge in [-0.05, 0) is 52.9 Å². The minimum atomic E-state index is -1.79. The van der Waals surface area contributed by atoms with Gasteiger partial charge in [0.2, 0.25) is 0 Å². The predicted octanol–water partition coefficient (Wildman–Crippen LogP) is 4.18. The van der Waals surface area contributed by atoms with Crippen molar-refractivity contribution in [2.75, 3.05) is 13.1 Å². The molecule has 168 valence electrons. The van der Waals surface area contributed by atoms with E-state index in [2.05, 4.69) is 77.4 Å². The van der Waals surface area contributed by atoms with Crippen LogP contribution < -0.4 is 9.32 Å². The summed E-state index contributed by atoms with van der Waals surface area (Å²) in [6.07, 6.45) is 1.00. The Kier molecular flexibility index (Phi) is 7.71. The van der Waals surface area contributed by atoms with E-state index in [9.17, 15) is 4.21 Å². The summed E-state index contributed by atoms with van der Waals surface area (Å²) in [5.74, 6) is 0.562. The van der Waals surface area contributed by atoms with Gasteiger partial charge in [-0.25, -0.2) is 5.14 Å². The van der Waals surface area contributed by atoms with E-state index in [1.165, 1.54) is 27.8 Å². The molecule has 3 aromatic carbocycles. The molecule has 0 bridgehead atoms. The van der Waals surface area contributed by atoms with Crippen LogP contribution in [0.4, 0.5) is 0 Å². The van der Waals surface area contributed by atoms with Gasteiger partial charge >= 0.3 is 0 Å². The summed E-state index contributed by atoms with van der Waals surface area (Å²) < 4.78 is 16.3. The van der Waals surface area contributed by atoms with E-state index in [4.69, 9.17) is 9.32 Å². The van der Waals surface area contributed by atoms with Crippen molar-refractivity contribution in [1.29, 1.82) is 0 Å². The Labute approximate surface area is 193 Å². The number of fused-ring (bicyclic) bond motifs is 1. The number of nitrogens with two attached hydrogens (primary N) is 1. The third kappa shape index (κ3) is 6.26. The molecule has 0 fully saturated rings. The maximum Gasteiger partial charge on any atom is 0.285 e. The summed E-state index contributed by atoms with van der Waals surface area (Å²) in [4.78, 5) is 4.90. The SMILES string of the molecule is CCN(Cc1ccccc1)Cc1ccc(CN2CCc3ccc(OS(N)=O)cc3C2)cc1. The van der Waals surface area contributed by atoms with E-state index in [0.29, 0.717) is 5.75 Å². The molecule has 0 spiro atoms. The predicted molar refractivity (Wildman–Crippen MR) is 130 cm³/mol. The Morgan fingerprint density at radius 1 is 0.938 bits per heavy atom. The second-order valence-electron chi connectivity index (χ2n) is 8.34. The summed E-state index contributed by atoms with van der Waals surface area (Å²) in [5, 5.41) is 5.26. The van der Waals surface area contributed by atoms with Gasteiger partial charge in [0, 0.05) is 32.7 Å². The molecule has 2 N–H and O–H groups in total. The molecule has 0 radical (unpaired) electrons. The van der Waals surface area contributed by atoms with Gasteiger partial charge in [0.05, 0.1) is 0 Å². The average Bonchev–Trinajstić information content (AvgIpc) is 2.80. The quantitative estimate of drug-likeness (QED) is 0.532. The second kappa shape index (κ2) is 10.9. The lowest BCUT2D eigenvalue weighted by Gasteiger charge is -2.29. The monoisotopic (exact) mass is 449 g/mol. The number of hydrogen-bond donors (Lipinski definition) is 1. The number of hydrogen-bond acceptors (Lipinski definition) is 4. The second-order valence-corrected chi connectivity index (χ2v) is 9.03. The molecule has 1 heterocycles. The highest BCUT2D eigenvalue weighted by Crippen LogP contribution is 2.25. The van der Waals surface area contributed by atoms with Gasteiger partial charge in [-0.2, -0.15) is 4.21 Å². The van der Waals surface area contributed by atoms with Crippen LogP contribution in [0.1, 0.15) is 34.7 Å². The van der Waals surface area contributed by atoms with E-state index < -0.39 is 11.3 Å². The Bertz CT molecular complexity index is 1040. The fourth-order valence-corrected chi connectivity index (χ4v) is 4.55. The highest BCUT2D eigenvalue weighted by Gasteiger charge is 2.17. The van der Waals surface area contributed by atoms with Crippen molar-refractivity contribution in [2.24, 2.45) is 5.14 Å². The molecular weight excluding hydrogens is 418 g/mol. The maximum atomic E-state index is 11.1. The average molecular weight is 450 g/mol. The highest BCUT2D eigenvalue weighted by atomic mass is 32.2. The Hall–Kier alpha value is -2.51. The summed E-state index contributed by atoms with van der Waals surface area (Å²) >= 11 is -1.79. The molecule has 1 atom stereocenters. The molecule has 6 heteroatoms.